The average Bonchev–Trinajstić information content (AvgIpc) is 2.11. The molecule has 0 saturated carbocycles. The van der Waals surface area contributed by atoms with E-state index in [1.54, 1.807) is 0 Å². The topological polar surface area (TPSA) is 21.7 Å². The molecule has 4 heteroatoms. The summed E-state index contributed by atoms with van der Waals surface area (Å²) in [6.45, 7) is 21.4. The normalized spacial score (nSPS) is 15.6. The Hall–Kier alpha value is 0.310. The number of hydrogen-bond donors (Lipinski definition) is 0. The van der Waals surface area contributed by atoms with Crippen molar-refractivity contribution in [1.82, 2.24) is 4.67 Å². The molecule has 0 aromatic rings. The molecule has 0 heterocycles. The highest BCUT2D eigenvalue weighted by Gasteiger charge is 2.34. The SMILES string of the molecule is CCC(C)N(C(C)C)P(OC(C)(C)C)OC(C)(C)C. The van der Waals surface area contributed by atoms with Crippen molar-refractivity contribution in [2.45, 2.75) is 98.9 Å². The summed E-state index contributed by atoms with van der Waals surface area (Å²) in [5.74, 6) is 0. The van der Waals surface area contributed by atoms with Crippen LogP contribution >= 0.6 is 8.53 Å². The van der Waals surface area contributed by atoms with Crippen LogP contribution in [0, 0.1) is 0 Å². The Kier molecular flexibility index (Phi) is 7.48. The number of nitrogens with zero attached hydrogens (tertiary/aromatic N) is 1. The Balaban J connectivity index is 5.16. The summed E-state index contributed by atoms with van der Waals surface area (Å²) in [6.07, 6.45) is 1.10. The van der Waals surface area contributed by atoms with Gasteiger partial charge in [0.05, 0.1) is 11.2 Å². The minimum Gasteiger partial charge on any atom is -0.316 e. The maximum absolute atomic E-state index is 6.23. The third kappa shape index (κ3) is 8.24. The van der Waals surface area contributed by atoms with Gasteiger partial charge in [0.1, 0.15) is 0 Å². The maximum Gasteiger partial charge on any atom is 0.260 e. The Labute approximate surface area is 122 Å². The molecular formula is C15H34NO2P. The second kappa shape index (κ2) is 7.36. The Bertz CT molecular complexity index is 240. The van der Waals surface area contributed by atoms with Crippen molar-refractivity contribution < 1.29 is 9.05 Å². The summed E-state index contributed by atoms with van der Waals surface area (Å²) >= 11 is 0. The van der Waals surface area contributed by atoms with Gasteiger partial charge >= 0.3 is 0 Å². The van der Waals surface area contributed by atoms with Crippen molar-refractivity contribution in [2.24, 2.45) is 0 Å². The van der Waals surface area contributed by atoms with Crippen molar-refractivity contribution in [3.63, 3.8) is 0 Å². The molecule has 19 heavy (non-hydrogen) atoms. The van der Waals surface area contributed by atoms with Gasteiger partial charge in [0.2, 0.25) is 0 Å². The lowest BCUT2D eigenvalue weighted by molar-refractivity contribution is 0.0426. The first-order valence-corrected chi connectivity index (χ1v) is 8.47. The smallest absolute Gasteiger partial charge is 0.260 e. The van der Waals surface area contributed by atoms with Crippen molar-refractivity contribution in [2.75, 3.05) is 0 Å². The molecule has 0 N–H and O–H groups in total. The Morgan fingerprint density at radius 1 is 0.895 bits per heavy atom. The van der Waals surface area contributed by atoms with Crippen LogP contribution in [0.2, 0.25) is 0 Å². The number of rotatable bonds is 6. The molecule has 0 bridgehead atoms. The fourth-order valence-electron chi connectivity index (χ4n) is 1.63. The predicted molar refractivity (Wildman–Crippen MR) is 85.3 cm³/mol. The van der Waals surface area contributed by atoms with E-state index in [2.05, 4.69) is 73.9 Å². The summed E-state index contributed by atoms with van der Waals surface area (Å²) in [6, 6.07) is 0.863. The van der Waals surface area contributed by atoms with E-state index in [4.69, 9.17) is 9.05 Å². The minimum absolute atomic E-state index is 0.197. The first kappa shape index (κ1) is 19.3. The van der Waals surface area contributed by atoms with Crippen LogP contribution in [-0.4, -0.2) is 28.0 Å². The van der Waals surface area contributed by atoms with E-state index in [0.29, 0.717) is 12.1 Å². The lowest BCUT2D eigenvalue weighted by Gasteiger charge is -2.42. The van der Waals surface area contributed by atoms with Crippen LogP contribution in [0.5, 0.6) is 0 Å². The van der Waals surface area contributed by atoms with E-state index in [9.17, 15) is 0 Å². The molecule has 0 aromatic carbocycles. The van der Waals surface area contributed by atoms with Gasteiger partial charge in [0.15, 0.2) is 0 Å². The average molecular weight is 291 g/mol. The van der Waals surface area contributed by atoms with E-state index in [-0.39, 0.29) is 11.2 Å². The van der Waals surface area contributed by atoms with Crippen LogP contribution in [0.1, 0.15) is 75.7 Å². The molecular weight excluding hydrogens is 257 g/mol. The van der Waals surface area contributed by atoms with Gasteiger partial charge in [-0.3, -0.25) is 0 Å². The van der Waals surface area contributed by atoms with Crippen molar-refractivity contribution in [3.05, 3.63) is 0 Å². The second-order valence-electron chi connectivity index (χ2n) is 7.38. The molecule has 0 aliphatic heterocycles. The van der Waals surface area contributed by atoms with E-state index in [0.717, 1.165) is 6.42 Å². The molecule has 3 nitrogen and oxygen atoms in total. The highest BCUT2D eigenvalue weighted by molar-refractivity contribution is 7.44. The highest BCUT2D eigenvalue weighted by atomic mass is 31.2. The number of hydrogen-bond acceptors (Lipinski definition) is 3. The minimum atomic E-state index is -1.05. The van der Waals surface area contributed by atoms with Gasteiger partial charge in [-0.25, -0.2) is 4.67 Å². The van der Waals surface area contributed by atoms with Gasteiger partial charge in [0.25, 0.3) is 8.53 Å². The van der Waals surface area contributed by atoms with Crippen molar-refractivity contribution in [3.8, 4) is 0 Å². The molecule has 0 rings (SSSR count). The highest BCUT2D eigenvalue weighted by Crippen LogP contribution is 2.51. The van der Waals surface area contributed by atoms with Gasteiger partial charge in [-0.05, 0) is 68.7 Å². The van der Waals surface area contributed by atoms with Crippen LogP contribution in [0.15, 0.2) is 0 Å². The fourth-order valence-corrected chi connectivity index (χ4v) is 3.65. The molecule has 0 fully saturated rings. The van der Waals surface area contributed by atoms with E-state index in [1.807, 2.05) is 0 Å². The fraction of sp³-hybridized carbons (Fsp3) is 1.00. The van der Waals surface area contributed by atoms with Crippen LogP contribution in [-0.2, 0) is 9.05 Å². The van der Waals surface area contributed by atoms with E-state index < -0.39 is 8.53 Å². The lowest BCUT2D eigenvalue weighted by atomic mass is 10.2. The third-order valence-electron chi connectivity index (χ3n) is 2.46. The molecule has 116 valence electrons. The first-order chi connectivity index (χ1) is 8.37. The van der Waals surface area contributed by atoms with Gasteiger partial charge in [0, 0.05) is 12.1 Å². The Morgan fingerprint density at radius 2 is 1.26 bits per heavy atom. The summed E-state index contributed by atoms with van der Waals surface area (Å²) in [5, 5.41) is 0. The van der Waals surface area contributed by atoms with Crippen LogP contribution in [0.4, 0.5) is 0 Å². The second-order valence-corrected chi connectivity index (χ2v) is 8.68. The predicted octanol–water partition coefficient (Wildman–Crippen LogP) is 5.35. The summed E-state index contributed by atoms with van der Waals surface area (Å²) in [5.41, 5.74) is -0.394. The van der Waals surface area contributed by atoms with Crippen LogP contribution < -0.4 is 0 Å². The Morgan fingerprint density at radius 3 is 1.47 bits per heavy atom. The van der Waals surface area contributed by atoms with E-state index in [1.165, 1.54) is 0 Å². The maximum atomic E-state index is 6.23. The van der Waals surface area contributed by atoms with Crippen molar-refractivity contribution in [1.29, 1.82) is 0 Å². The molecule has 0 saturated heterocycles. The zero-order valence-corrected chi connectivity index (χ0v) is 15.5. The molecule has 0 radical (unpaired) electrons. The van der Waals surface area contributed by atoms with Gasteiger partial charge < -0.3 is 9.05 Å². The molecule has 1 atom stereocenters. The molecule has 0 aromatic heterocycles. The largest absolute Gasteiger partial charge is 0.316 e. The molecule has 0 aliphatic carbocycles. The lowest BCUT2D eigenvalue weighted by Crippen LogP contribution is -2.38. The summed E-state index contributed by atoms with van der Waals surface area (Å²) < 4.78 is 14.8. The molecule has 0 aliphatic rings. The van der Waals surface area contributed by atoms with Gasteiger partial charge in [-0.2, -0.15) is 0 Å². The molecule has 0 amide bonds. The summed E-state index contributed by atoms with van der Waals surface area (Å²) in [4.78, 5) is 0. The zero-order chi connectivity index (χ0) is 15.4. The van der Waals surface area contributed by atoms with Crippen LogP contribution in [0.25, 0.3) is 0 Å². The monoisotopic (exact) mass is 291 g/mol. The van der Waals surface area contributed by atoms with Crippen LogP contribution in [0.3, 0.4) is 0 Å². The van der Waals surface area contributed by atoms with E-state index >= 15 is 0 Å². The molecule has 1 unspecified atom stereocenters. The standard InChI is InChI=1S/C15H34NO2P/c1-11-13(4)16(12(2)3)19(17-14(5,6)7)18-15(8,9)10/h12-13H,11H2,1-10H3. The quantitative estimate of drug-likeness (QED) is 0.615. The molecule has 0 spiro atoms. The van der Waals surface area contributed by atoms with Gasteiger partial charge in [-0.1, -0.05) is 6.92 Å². The van der Waals surface area contributed by atoms with Crippen molar-refractivity contribution >= 4 is 8.53 Å². The summed E-state index contributed by atoms with van der Waals surface area (Å²) in [7, 11) is -1.05. The zero-order valence-electron chi connectivity index (χ0n) is 14.6. The van der Waals surface area contributed by atoms with Gasteiger partial charge in [-0.15, -0.1) is 0 Å². The third-order valence-corrected chi connectivity index (χ3v) is 5.11. The first-order valence-electron chi connectivity index (χ1n) is 7.34.